The van der Waals surface area contributed by atoms with Crippen molar-refractivity contribution in [2.45, 2.75) is 57.4 Å². The average molecular weight is 407 g/mol. The van der Waals surface area contributed by atoms with Gasteiger partial charge in [-0.25, -0.2) is 10.9 Å². The molecule has 158 valence electrons. The van der Waals surface area contributed by atoms with Gasteiger partial charge in [0.1, 0.15) is 5.75 Å². The molecule has 0 saturated heterocycles. The molecule has 1 aliphatic carbocycles. The largest absolute Gasteiger partial charge is 0.508 e. The van der Waals surface area contributed by atoms with Crippen LogP contribution in [0.3, 0.4) is 0 Å². The average Bonchev–Trinajstić information content (AvgIpc) is 3.37. The molecule has 1 aromatic heterocycles. The van der Waals surface area contributed by atoms with Gasteiger partial charge in [-0.05, 0) is 61.7 Å². The Morgan fingerprint density at radius 2 is 1.87 bits per heavy atom. The Morgan fingerprint density at radius 3 is 2.47 bits per heavy atom. The first-order valence-electron chi connectivity index (χ1n) is 10.3. The Balaban J connectivity index is 1.66. The highest BCUT2D eigenvalue weighted by atomic mass is 16.3. The number of carbonyl (C=O) groups is 1. The third-order valence-corrected chi connectivity index (χ3v) is 6.14. The van der Waals surface area contributed by atoms with Crippen LogP contribution in [0.2, 0.25) is 0 Å². The second kappa shape index (κ2) is 6.86. The van der Waals surface area contributed by atoms with Crippen LogP contribution >= 0.6 is 0 Å². The maximum absolute atomic E-state index is 13.4. The van der Waals surface area contributed by atoms with Gasteiger partial charge in [0.2, 0.25) is 0 Å². The molecule has 0 spiro atoms. The predicted octanol–water partition coefficient (Wildman–Crippen LogP) is 4.13. The number of nitrogens with one attached hydrogen (secondary N) is 1. The number of nitrogens with zero attached hydrogens (tertiary/aromatic N) is 1. The number of H-pyrrole nitrogens is 1. The number of carbonyl (C=O) groups excluding carboxylic acids is 1. The molecular formula is C24H30N4O2. The summed E-state index contributed by atoms with van der Waals surface area (Å²) in [5.41, 5.74) is 9.63. The van der Waals surface area contributed by atoms with Gasteiger partial charge in [-0.15, -0.1) is 0 Å². The molecule has 3 aromatic rings. The number of aromatic nitrogens is 1. The predicted molar refractivity (Wildman–Crippen MR) is 120 cm³/mol. The van der Waals surface area contributed by atoms with E-state index in [0.717, 1.165) is 35.0 Å². The number of hydrogen-bond donors (Lipinski definition) is 4. The zero-order valence-corrected chi connectivity index (χ0v) is 18.0. The molecule has 6 nitrogen and oxygen atoms in total. The summed E-state index contributed by atoms with van der Waals surface area (Å²) >= 11 is 0. The molecule has 30 heavy (non-hydrogen) atoms. The summed E-state index contributed by atoms with van der Waals surface area (Å²) in [6.07, 6.45) is 1.45. The molecule has 1 saturated carbocycles. The molecular weight excluding hydrogens is 376 g/mol. The first-order chi connectivity index (χ1) is 14.0. The van der Waals surface area contributed by atoms with Crippen LogP contribution in [0.25, 0.3) is 10.9 Å². The number of amides is 1. The highest BCUT2D eigenvalue weighted by Gasteiger charge is 2.53. The second-order valence-corrected chi connectivity index (χ2v) is 9.52. The fourth-order valence-electron chi connectivity index (χ4n) is 3.99. The number of hydrazine groups is 1. The number of fused-ring (bicyclic) bond motifs is 1. The van der Waals surface area contributed by atoms with E-state index < -0.39 is 5.41 Å². The van der Waals surface area contributed by atoms with Crippen LogP contribution < -0.4 is 16.6 Å². The minimum absolute atomic E-state index is 0.00613. The van der Waals surface area contributed by atoms with Crippen molar-refractivity contribution in [3.8, 4) is 5.75 Å². The zero-order chi connectivity index (χ0) is 21.8. The van der Waals surface area contributed by atoms with Gasteiger partial charge < -0.3 is 15.8 Å². The summed E-state index contributed by atoms with van der Waals surface area (Å²) in [6, 6.07) is 12.8. The number of aromatic amines is 1. The van der Waals surface area contributed by atoms with Crippen LogP contribution in [0.15, 0.2) is 42.5 Å². The third-order valence-electron chi connectivity index (χ3n) is 6.14. The summed E-state index contributed by atoms with van der Waals surface area (Å²) in [4.78, 5) is 16.8. The number of anilines is 1. The molecule has 1 amide bonds. The lowest BCUT2D eigenvalue weighted by molar-refractivity contribution is -0.121. The maximum Gasteiger partial charge on any atom is 0.251 e. The van der Waals surface area contributed by atoms with Gasteiger partial charge in [0, 0.05) is 33.6 Å². The van der Waals surface area contributed by atoms with Gasteiger partial charge in [-0.3, -0.25) is 4.79 Å². The Kier molecular flexibility index (Phi) is 4.67. The summed E-state index contributed by atoms with van der Waals surface area (Å²) in [5.74, 6) is 6.32. The first-order valence-corrected chi connectivity index (χ1v) is 10.3. The maximum atomic E-state index is 13.4. The molecule has 0 bridgehead atoms. The number of aromatic hydroxyl groups is 1. The quantitative estimate of drug-likeness (QED) is 0.297. The van der Waals surface area contributed by atoms with Gasteiger partial charge in [0.15, 0.2) is 0 Å². The van der Waals surface area contributed by atoms with E-state index in [4.69, 9.17) is 11.6 Å². The van der Waals surface area contributed by atoms with E-state index in [9.17, 15) is 9.90 Å². The first kappa shape index (κ1) is 20.4. The van der Waals surface area contributed by atoms with Gasteiger partial charge >= 0.3 is 0 Å². The fourth-order valence-corrected chi connectivity index (χ4v) is 3.99. The van der Waals surface area contributed by atoms with Crippen molar-refractivity contribution < 1.29 is 9.90 Å². The summed E-state index contributed by atoms with van der Waals surface area (Å²) in [7, 11) is 0. The van der Waals surface area contributed by atoms with Crippen molar-refractivity contribution in [1.29, 1.82) is 0 Å². The number of hydrogen-bond acceptors (Lipinski definition) is 4. The van der Waals surface area contributed by atoms with E-state index in [2.05, 4.69) is 31.8 Å². The summed E-state index contributed by atoms with van der Waals surface area (Å²) in [6.45, 7) is 8.28. The summed E-state index contributed by atoms with van der Waals surface area (Å²) < 4.78 is 0. The monoisotopic (exact) mass is 406 g/mol. The lowest BCUT2D eigenvalue weighted by Gasteiger charge is -2.24. The van der Waals surface area contributed by atoms with Gasteiger partial charge in [0.25, 0.3) is 5.91 Å². The van der Waals surface area contributed by atoms with Crippen molar-refractivity contribution in [3.05, 3.63) is 59.3 Å². The molecule has 1 unspecified atom stereocenters. The normalized spacial score (nSPS) is 16.5. The third kappa shape index (κ3) is 3.36. The standard InChI is InChI=1S/C24H30N4O2/c1-14(25)18-13-16(5-8-20(18)29)24(9-10-24)22(30)28(26)17-6-7-19-15(11-17)12-21(27-19)23(2,3)4/h5-8,11-14,27,29H,9-10,25-26H2,1-4H3. The molecule has 1 aliphatic rings. The van der Waals surface area contributed by atoms with E-state index in [0.29, 0.717) is 11.3 Å². The van der Waals surface area contributed by atoms with Crippen molar-refractivity contribution in [3.63, 3.8) is 0 Å². The number of phenolic OH excluding ortho intramolecular Hbond substituents is 1. The van der Waals surface area contributed by atoms with Gasteiger partial charge in [0.05, 0.1) is 11.1 Å². The number of nitrogens with two attached hydrogens (primary N) is 2. The van der Waals surface area contributed by atoms with Crippen molar-refractivity contribution in [2.24, 2.45) is 11.6 Å². The fraction of sp³-hybridized carbons (Fsp3) is 0.375. The Morgan fingerprint density at radius 1 is 1.17 bits per heavy atom. The van der Waals surface area contributed by atoms with Crippen molar-refractivity contribution >= 4 is 22.5 Å². The Bertz CT molecular complexity index is 1120. The van der Waals surface area contributed by atoms with E-state index >= 15 is 0 Å². The van der Waals surface area contributed by atoms with Crippen LogP contribution in [-0.4, -0.2) is 16.0 Å². The minimum atomic E-state index is -0.657. The van der Waals surface area contributed by atoms with Crippen molar-refractivity contribution in [1.82, 2.24) is 4.98 Å². The molecule has 1 heterocycles. The van der Waals surface area contributed by atoms with Crippen LogP contribution in [-0.2, 0) is 15.6 Å². The van der Waals surface area contributed by atoms with Crippen LogP contribution in [0.5, 0.6) is 5.75 Å². The zero-order valence-electron chi connectivity index (χ0n) is 18.0. The number of benzene rings is 2. The molecule has 0 aliphatic heterocycles. The topological polar surface area (TPSA) is 108 Å². The van der Waals surface area contributed by atoms with Gasteiger partial charge in [-0.2, -0.15) is 0 Å². The minimum Gasteiger partial charge on any atom is -0.508 e. The Labute approximate surface area is 176 Å². The SMILES string of the molecule is CC(N)c1cc(C2(C(=O)N(N)c3ccc4[nH]c(C(C)(C)C)cc4c3)CC2)ccc1O. The highest BCUT2D eigenvalue weighted by molar-refractivity contribution is 6.03. The highest BCUT2D eigenvalue weighted by Crippen LogP contribution is 2.50. The summed E-state index contributed by atoms with van der Waals surface area (Å²) in [5, 5.41) is 12.4. The molecule has 1 atom stereocenters. The lowest BCUT2D eigenvalue weighted by atomic mass is 9.91. The number of rotatable bonds is 4. The molecule has 6 N–H and O–H groups in total. The lowest BCUT2D eigenvalue weighted by Crippen LogP contribution is -2.44. The van der Waals surface area contributed by atoms with Gasteiger partial charge in [-0.1, -0.05) is 26.8 Å². The van der Waals surface area contributed by atoms with Crippen LogP contribution in [0, 0.1) is 0 Å². The van der Waals surface area contributed by atoms with E-state index in [1.54, 1.807) is 12.1 Å². The molecule has 6 heteroatoms. The molecule has 4 rings (SSSR count). The van der Waals surface area contributed by atoms with E-state index in [1.165, 1.54) is 5.01 Å². The Hall–Kier alpha value is -2.83. The van der Waals surface area contributed by atoms with E-state index in [1.807, 2.05) is 31.2 Å². The van der Waals surface area contributed by atoms with Crippen LogP contribution in [0.4, 0.5) is 5.69 Å². The molecule has 0 radical (unpaired) electrons. The number of phenols is 1. The second-order valence-electron chi connectivity index (χ2n) is 9.52. The van der Waals surface area contributed by atoms with Crippen molar-refractivity contribution in [2.75, 3.05) is 5.01 Å². The molecule has 1 fully saturated rings. The van der Waals surface area contributed by atoms with E-state index in [-0.39, 0.29) is 23.1 Å². The smallest absolute Gasteiger partial charge is 0.251 e. The van der Waals surface area contributed by atoms with Crippen LogP contribution in [0.1, 0.15) is 63.4 Å². The molecule has 2 aromatic carbocycles.